The van der Waals surface area contributed by atoms with Gasteiger partial charge in [0.25, 0.3) is 0 Å². The van der Waals surface area contributed by atoms with Crippen LogP contribution in [0, 0.1) is 23.0 Å². The maximum atomic E-state index is 13.3. The van der Waals surface area contributed by atoms with Gasteiger partial charge in [0.1, 0.15) is 24.0 Å². The number of piperazine rings is 1. The summed E-state index contributed by atoms with van der Waals surface area (Å²) in [4.78, 5) is 4.96. The molecular weight excluding hydrogens is 396 g/mol. The molecule has 4 rings (SSSR count). The lowest BCUT2D eigenvalue weighted by atomic mass is 9.69. The van der Waals surface area contributed by atoms with Crippen LogP contribution in [0.5, 0.6) is 5.75 Å². The van der Waals surface area contributed by atoms with Crippen LogP contribution in [0.1, 0.15) is 31.2 Å². The van der Waals surface area contributed by atoms with E-state index in [0.717, 1.165) is 64.0 Å². The Morgan fingerprint density at radius 3 is 2.06 bits per heavy atom. The molecule has 0 amide bonds. The van der Waals surface area contributed by atoms with Crippen molar-refractivity contribution in [3.8, 4) is 11.8 Å². The summed E-state index contributed by atoms with van der Waals surface area (Å²) in [5, 5.41) is 9.88. The van der Waals surface area contributed by atoms with E-state index in [-0.39, 0.29) is 11.6 Å². The van der Waals surface area contributed by atoms with Gasteiger partial charge in [0.05, 0.1) is 11.5 Å². The second-order valence-electron chi connectivity index (χ2n) is 8.61. The first-order chi connectivity index (χ1) is 15.1. The van der Waals surface area contributed by atoms with E-state index in [4.69, 9.17) is 4.74 Å². The van der Waals surface area contributed by atoms with Crippen molar-refractivity contribution < 1.29 is 13.5 Å². The molecule has 1 aliphatic heterocycles. The molecule has 6 heteroatoms. The van der Waals surface area contributed by atoms with Gasteiger partial charge in [0.2, 0.25) is 0 Å². The summed E-state index contributed by atoms with van der Waals surface area (Å²) in [5.74, 6) is 0.187. The van der Waals surface area contributed by atoms with E-state index in [2.05, 4.69) is 15.9 Å². The van der Waals surface area contributed by atoms with Gasteiger partial charge in [-0.2, -0.15) is 5.26 Å². The van der Waals surface area contributed by atoms with Gasteiger partial charge in [0, 0.05) is 38.8 Å². The van der Waals surface area contributed by atoms with Gasteiger partial charge in [-0.3, -0.25) is 9.80 Å². The Kier molecular flexibility index (Phi) is 6.84. The smallest absolute Gasteiger partial charge is 0.123 e. The van der Waals surface area contributed by atoms with Gasteiger partial charge in [-0.1, -0.05) is 12.1 Å². The van der Waals surface area contributed by atoms with Crippen molar-refractivity contribution in [2.24, 2.45) is 0 Å². The molecule has 1 heterocycles. The van der Waals surface area contributed by atoms with Crippen LogP contribution in [0.2, 0.25) is 0 Å². The van der Waals surface area contributed by atoms with E-state index in [0.29, 0.717) is 18.4 Å². The number of nitriles is 1. The molecule has 0 N–H and O–H groups in total. The molecule has 31 heavy (non-hydrogen) atoms. The van der Waals surface area contributed by atoms with Crippen LogP contribution in [-0.2, 0) is 5.41 Å². The number of rotatable bonds is 6. The first-order valence-corrected chi connectivity index (χ1v) is 11.1. The van der Waals surface area contributed by atoms with Gasteiger partial charge >= 0.3 is 0 Å². The van der Waals surface area contributed by atoms with Crippen molar-refractivity contribution in [3.05, 3.63) is 65.7 Å². The molecule has 0 bridgehead atoms. The molecule has 2 aromatic carbocycles. The topological polar surface area (TPSA) is 39.5 Å². The molecule has 4 nitrogen and oxygen atoms in total. The number of nitrogens with zero attached hydrogens (tertiary/aromatic N) is 3. The second kappa shape index (κ2) is 9.76. The van der Waals surface area contributed by atoms with Crippen LogP contribution in [0.4, 0.5) is 8.78 Å². The summed E-state index contributed by atoms with van der Waals surface area (Å²) in [7, 11) is 0. The molecule has 2 fully saturated rings. The molecule has 0 atom stereocenters. The summed E-state index contributed by atoms with van der Waals surface area (Å²) < 4.78 is 32.0. The van der Waals surface area contributed by atoms with Crippen molar-refractivity contribution in [2.75, 3.05) is 39.3 Å². The van der Waals surface area contributed by atoms with Gasteiger partial charge in [-0.05, 0) is 67.6 Å². The summed E-state index contributed by atoms with van der Waals surface area (Å²) in [5.41, 5.74) is 0.463. The van der Waals surface area contributed by atoms with Crippen molar-refractivity contribution >= 4 is 0 Å². The summed E-state index contributed by atoms with van der Waals surface area (Å²) in [6.07, 6.45) is 3.65. The highest BCUT2D eigenvalue weighted by atomic mass is 19.1. The summed E-state index contributed by atoms with van der Waals surface area (Å²) in [6.45, 7) is 5.51. The Bertz CT molecular complexity index is 878. The predicted octanol–water partition coefficient (Wildman–Crippen LogP) is 4.37. The molecular formula is C25H29F2N3O. The first-order valence-electron chi connectivity index (χ1n) is 11.1. The fraction of sp³-hybridized carbons (Fsp3) is 0.480. The second-order valence-corrected chi connectivity index (χ2v) is 8.61. The lowest BCUT2D eigenvalue weighted by Crippen LogP contribution is -2.52. The third kappa shape index (κ3) is 5.23. The number of hydrogen-bond donors (Lipinski definition) is 0. The maximum absolute atomic E-state index is 13.3. The highest BCUT2D eigenvalue weighted by molar-refractivity contribution is 5.33. The van der Waals surface area contributed by atoms with Crippen LogP contribution in [0.25, 0.3) is 0 Å². The molecule has 1 aliphatic carbocycles. The van der Waals surface area contributed by atoms with E-state index in [1.54, 1.807) is 24.3 Å². The van der Waals surface area contributed by atoms with Crippen LogP contribution in [0.3, 0.4) is 0 Å². The minimum atomic E-state index is -0.482. The number of ether oxygens (including phenoxy) is 1. The molecule has 1 saturated carbocycles. The van der Waals surface area contributed by atoms with Gasteiger partial charge in [0.15, 0.2) is 0 Å². The Hall–Kier alpha value is -2.49. The lowest BCUT2D eigenvalue weighted by Gasteiger charge is -2.44. The molecule has 1 saturated heterocycles. The van der Waals surface area contributed by atoms with Crippen molar-refractivity contribution in [3.63, 3.8) is 0 Å². The van der Waals surface area contributed by atoms with Crippen molar-refractivity contribution in [1.29, 1.82) is 5.26 Å². The normalized spacial score (nSPS) is 25.1. The Morgan fingerprint density at radius 2 is 1.48 bits per heavy atom. The Labute approximate surface area is 183 Å². The zero-order chi connectivity index (χ0) is 21.7. The average Bonchev–Trinajstić information content (AvgIpc) is 2.81. The van der Waals surface area contributed by atoms with Crippen LogP contribution in [-0.4, -0.2) is 55.2 Å². The van der Waals surface area contributed by atoms with Crippen LogP contribution in [0.15, 0.2) is 48.5 Å². The van der Waals surface area contributed by atoms with Crippen LogP contribution >= 0.6 is 0 Å². The number of halogens is 2. The monoisotopic (exact) mass is 425 g/mol. The molecule has 0 unspecified atom stereocenters. The third-order valence-electron chi connectivity index (χ3n) is 6.83. The molecule has 0 aromatic heterocycles. The zero-order valence-electron chi connectivity index (χ0n) is 17.8. The fourth-order valence-electron chi connectivity index (χ4n) is 4.87. The molecule has 164 valence electrons. The first kappa shape index (κ1) is 21.7. The quantitative estimate of drug-likeness (QED) is 0.689. The Morgan fingerprint density at radius 1 is 0.903 bits per heavy atom. The van der Waals surface area contributed by atoms with Gasteiger partial charge in [-0.15, -0.1) is 0 Å². The van der Waals surface area contributed by atoms with E-state index in [1.165, 1.54) is 24.3 Å². The van der Waals surface area contributed by atoms with Gasteiger partial charge < -0.3 is 4.74 Å². The highest BCUT2D eigenvalue weighted by Gasteiger charge is 2.39. The number of benzene rings is 2. The van der Waals surface area contributed by atoms with Gasteiger partial charge in [-0.25, -0.2) is 8.78 Å². The van der Waals surface area contributed by atoms with Crippen molar-refractivity contribution in [2.45, 2.75) is 37.1 Å². The largest absolute Gasteiger partial charge is 0.492 e. The molecule has 2 aliphatic rings. The van der Waals surface area contributed by atoms with E-state index in [9.17, 15) is 14.0 Å². The van der Waals surface area contributed by atoms with Crippen LogP contribution < -0.4 is 4.74 Å². The number of hydrogen-bond acceptors (Lipinski definition) is 4. The Balaban J connectivity index is 1.21. The average molecular weight is 426 g/mol. The minimum Gasteiger partial charge on any atom is -0.492 e. The summed E-state index contributed by atoms with van der Waals surface area (Å²) >= 11 is 0. The highest BCUT2D eigenvalue weighted by Crippen LogP contribution is 2.40. The molecule has 0 radical (unpaired) electrons. The molecule has 2 aromatic rings. The molecule has 0 spiro atoms. The predicted molar refractivity (Wildman–Crippen MR) is 116 cm³/mol. The fourth-order valence-corrected chi connectivity index (χ4v) is 4.87. The minimum absolute atomic E-state index is 0.254. The SMILES string of the molecule is N#C[C@]1(c2ccc(F)cc2)CC[C@H](N2CCN(CCOc3ccc(F)cc3)CC2)CC1. The van der Waals surface area contributed by atoms with E-state index >= 15 is 0 Å². The summed E-state index contributed by atoms with van der Waals surface area (Å²) in [6, 6.07) is 15.6. The van der Waals surface area contributed by atoms with E-state index < -0.39 is 5.41 Å². The van der Waals surface area contributed by atoms with E-state index in [1.807, 2.05) is 0 Å². The lowest BCUT2D eigenvalue weighted by molar-refractivity contribution is 0.0647. The van der Waals surface area contributed by atoms with Crippen molar-refractivity contribution in [1.82, 2.24) is 9.80 Å². The zero-order valence-corrected chi connectivity index (χ0v) is 17.8. The third-order valence-corrected chi connectivity index (χ3v) is 6.83. The standard InChI is InChI=1S/C25H29F2N3O/c26-21-3-1-20(2-4-21)25(19-28)11-9-23(10-12-25)30-15-13-29(14-16-30)17-18-31-24-7-5-22(27)6-8-24/h1-8,23H,9-18H2/t23-,25-. The maximum Gasteiger partial charge on any atom is 0.123 e.